The minimum absolute atomic E-state index is 0.0707. The molecule has 7 nitrogen and oxygen atoms in total. The van der Waals surface area contributed by atoms with E-state index in [1.165, 1.54) is 0 Å². The summed E-state index contributed by atoms with van der Waals surface area (Å²) < 4.78 is 6.24. The summed E-state index contributed by atoms with van der Waals surface area (Å²) in [5.74, 6) is -0.431. The van der Waals surface area contributed by atoms with E-state index in [0.29, 0.717) is 31.6 Å². The number of rotatable bonds is 15. The molecule has 0 saturated heterocycles. The van der Waals surface area contributed by atoms with Gasteiger partial charge in [-0.2, -0.15) is 0 Å². The number of amides is 2. The smallest absolute Gasteiger partial charge is 0.249 e. The van der Waals surface area contributed by atoms with Crippen molar-refractivity contribution >= 4 is 27.7 Å². The number of primary amides is 1. The normalized spacial score (nSPS) is 18.2. The van der Waals surface area contributed by atoms with E-state index in [4.69, 9.17) is 10.5 Å². The third-order valence-corrected chi connectivity index (χ3v) is 8.16. The first-order valence-corrected chi connectivity index (χ1v) is 15.2. The van der Waals surface area contributed by atoms with Crippen molar-refractivity contribution < 1.29 is 19.4 Å². The van der Waals surface area contributed by atoms with Gasteiger partial charge in [0, 0.05) is 42.1 Å². The molecule has 8 heteroatoms. The van der Waals surface area contributed by atoms with Crippen LogP contribution in [0.2, 0.25) is 0 Å². The average molecular weight is 627 g/mol. The lowest BCUT2D eigenvalue weighted by Crippen LogP contribution is -2.51. The second-order valence-electron chi connectivity index (χ2n) is 10.9. The zero-order valence-corrected chi connectivity index (χ0v) is 26.2. The molecule has 1 unspecified atom stereocenters. The fourth-order valence-corrected chi connectivity index (χ4v) is 6.23. The van der Waals surface area contributed by atoms with Crippen molar-refractivity contribution in [3.05, 3.63) is 87.4 Å². The van der Waals surface area contributed by atoms with Crippen molar-refractivity contribution in [2.45, 2.75) is 59.1 Å². The summed E-state index contributed by atoms with van der Waals surface area (Å²) >= 11 is 3.54. The molecule has 222 valence electrons. The number of allylic oxidation sites excluding steroid dienone is 2. The van der Waals surface area contributed by atoms with Crippen molar-refractivity contribution in [1.82, 2.24) is 10.2 Å². The van der Waals surface area contributed by atoms with Gasteiger partial charge in [-0.05, 0) is 68.0 Å². The minimum atomic E-state index is -1.24. The van der Waals surface area contributed by atoms with E-state index < -0.39 is 23.3 Å². The van der Waals surface area contributed by atoms with Crippen molar-refractivity contribution in [2.75, 3.05) is 26.7 Å². The number of carbonyl (C=O) groups excluding carboxylic acids is 2. The lowest BCUT2D eigenvalue weighted by molar-refractivity contribution is -0.132. The van der Waals surface area contributed by atoms with Crippen LogP contribution in [0.15, 0.2) is 76.3 Å². The van der Waals surface area contributed by atoms with Crippen LogP contribution >= 0.6 is 15.9 Å². The number of halogens is 1. The van der Waals surface area contributed by atoms with Crippen LogP contribution < -0.4 is 15.8 Å². The lowest BCUT2D eigenvalue weighted by Gasteiger charge is -2.42. The molecule has 0 heterocycles. The number of ether oxygens (including phenoxy) is 1. The van der Waals surface area contributed by atoms with E-state index in [-0.39, 0.29) is 18.9 Å². The second kappa shape index (κ2) is 15.3. The highest BCUT2D eigenvalue weighted by atomic mass is 79.9. The van der Waals surface area contributed by atoms with Crippen LogP contribution in [0.25, 0.3) is 0 Å². The largest absolute Gasteiger partial charge is 0.497 e. The summed E-state index contributed by atoms with van der Waals surface area (Å²) in [5, 5.41) is 15.1. The molecule has 2 aromatic carbocycles. The standard InChI is InChI=1S/C33H44BrN3O4/c1-5-13-37(14-6-2)31(39)26-15-23(3)19-33(20-26,32(35)40)29(18-24-9-7-11-27(34)16-24)30(38)22-36-21-25-10-8-12-28(17-25)41-4/h7-12,15-17,19,29-30,36,38H,5-6,13-14,18,20-22H2,1-4H3,(H2,35,40)/t29-,30+,33?/m1/s1. The number of nitrogens with two attached hydrogens (primary N) is 1. The molecule has 1 aliphatic rings. The Morgan fingerprint density at radius 2 is 1.80 bits per heavy atom. The number of nitrogens with one attached hydrogen (secondary N) is 1. The van der Waals surface area contributed by atoms with Crippen LogP contribution in [0, 0.1) is 11.3 Å². The van der Waals surface area contributed by atoms with Gasteiger partial charge in [-0.15, -0.1) is 0 Å². The van der Waals surface area contributed by atoms with Crippen LogP contribution in [-0.2, 0) is 22.6 Å². The van der Waals surface area contributed by atoms with Crippen LogP contribution in [0.1, 0.15) is 51.2 Å². The predicted molar refractivity (Wildman–Crippen MR) is 167 cm³/mol. The number of hydrogen-bond acceptors (Lipinski definition) is 5. The quantitative estimate of drug-likeness (QED) is 0.253. The van der Waals surface area contributed by atoms with E-state index >= 15 is 0 Å². The molecule has 4 N–H and O–H groups in total. The maximum absolute atomic E-state index is 13.7. The first-order valence-electron chi connectivity index (χ1n) is 14.4. The summed E-state index contributed by atoms with van der Waals surface area (Å²) in [6, 6.07) is 15.6. The third-order valence-electron chi connectivity index (χ3n) is 7.67. The summed E-state index contributed by atoms with van der Waals surface area (Å²) in [6.07, 6.45) is 5.05. The van der Waals surface area contributed by atoms with Crippen molar-refractivity contribution in [1.29, 1.82) is 0 Å². The SMILES string of the molecule is CCCN(CCC)C(=O)C1=CC(C)=CC(C(N)=O)([C@H](Cc2cccc(Br)c2)[C@@H](O)CNCc2cccc(OC)c2)C1. The Labute approximate surface area is 253 Å². The Morgan fingerprint density at radius 3 is 2.44 bits per heavy atom. The molecule has 2 amide bonds. The molecular weight excluding hydrogens is 582 g/mol. The number of benzene rings is 2. The molecule has 41 heavy (non-hydrogen) atoms. The Hall–Kier alpha value is -2.94. The molecule has 3 atom stereocenters. The fourth-order valence-electron chi connectivity index (χ4n) is 5.78. The second-order valence-corrected chi connectivity index (χ2v) is 11.8. The molecule has 0 spiro atoms. The number of aliphatic hydroxyl groups excluding tert-OH is 1. The summed E-state index contributed by atoms with van der Waals surface area (Å²) in [4.78, 5) is 29.0. The Bertz CT molecular complexity index is 1250. The number of hydrogen-bond donors (Lipinski definition) is 3. The first-order chi connectivity index (χ1) is 19.6. The molecule has 0 aliphatic heterocycles. The van der Waals surface area contributed by atoms with Crippen LogP contribution in [0.3, 0.4) is 0 Å². The highest BCUT2D eigenvalue weighted by Gasteiger charge is 2.48. The van der Waals surface area contributed by atoms with Gasteiger partial charge in [0.25, 0.3) is 0 Å². The number of carbonyl (C=O) groups is 2. The van der Waals surface area contributed by atoms with Gasteiger partial charge < -0.3 is 25.8 Å². The predicted octanol–water partition coefficient (Wildman–Crippen LogP) is 5.16. The Morgan fingerprint density at radius 1 is 1.12 bits per heavy atom. The third kappa shape index (κ3) is 8.53. The Balaban J connectivity index is 1.95. The van der Waals surface area contributed by atoms with E-state index in [9.17, 15) is 14.7 Å². The fraction of sp³-hybridized carbons (Fsp3) is 0.455. The van der Waals surface area contributed by atoms with Gasteiger partial charge in [0.05, 0.1) is 18.6 Å². The van der Waals surface area contributed by atoms with Gasteiger partial charge in [-0.25, -0.2) is 0 Å². The van der Waals surface area contributed by atoms with Crippen LogP contribution in [0.5, 0.6) is 5.75 Å². The maximum atomic E-state index is 13.7. The first kappa shape index (κ1) is 32.6. The van der Waals surface area contributed by atoms with Crippen molar-refractivity contribution in [2.24, 2.45) is 17.1 Å². The zero-order valence-electron chi connectivity index (χ0n) is 24.7. The Kier molecular flexibility index (Phi) is 12.2. The summed E-state index contributed by atoms with van der Waals surface area (Å²) in [7, 11) is 1.63. The summed E-state index contributed by atoms with van der Waals surface area (Å²) in [6.45, 7) is 8.03. The highest BCUT2D eigenvalue weighted by molar-refractivity contribution is 9.10. The molecule has 0 aromatic heterocycles. The molecular formula is C33H44BrN3O4. The number of nitrogens with zero attached hydrogens (tertiary/aromatic N) is 1. The van der Waals surface area contributed by atoms with Crippen LogP contribution in [0.4, 0.5) is 0 Å². The monoisotopic (exact) mass is 625 g/mol. The summed E-state index contributed by atoms with van der Waals surface area (Å²) in [5.41, 5.74) is 8.29. The van der Waals surface area contributed by atoms with Gasteiger partial charge in [-0.3, -0.25) is 9.59 Å². The molecule has 1 aliphatic carbocycles. The molecule has 0 saturated carbocycles. The van der Waals surface area contributed by atoms with Gasteiger partial charge in [0.1, 0.15) is 5.75 Å². The topological polar surface area (TPSA) is 105 Å². The van der Waals surface area contributed by atoms with Gasteiger partial charge in [-0.1, -0.05) is 71.8 Å². The maximum Gasteiger partial charge on any atom is 0.249 e. The van der Waals surface area contributed by atoms with E-state index in [1.807, 2.05) is 86.4 Å². The minimum Gasteiger partial charge on any atom is -0.497 e. The van der Waals surface area contributed by atoms with Gasteiger partial charge in [0.15, 0.2) is 0 Å². The van der Waals surface area contributed by atoms with E-state index in [1.54, 1.807) is 7.11 Å². The molecule has 3 rings (SSSR count). The lowest BCUT2D eigenvalue weighted by atomic mass is 9.63. The van der Waals surface area contributed by atoms with Crippen molar-refractivity contribution in [3.8, 4) is 5.75 Å². The molecule has 0 radical (unpaired) electrons. The number of aliphatic hydroxyl groups is 1. The van der Waals surface area contributed by atoms with Gasteiger partial charge in [0.2, 0.25) is 11.8 Å². The number of methoxy groups -OCH3 is 1. The molecule has 2 aromatic rings. The average Bonchev–Trinajstić information content (AvgIpc) is 2.95. The van der Waals surface area contributed by atoms with E-state index in [2.05, 4.69) is 21.2 Å². The van der Waals surface area contributed by atoms with Crippen LogP contribution in [-0.4, -0.2) is 54.7 Å². The molecule has 0 bridgehead atoms. The van der Waals surface area contributed by atoms with Gasteiger partial charge >= 0.3 is 0 Å². The zero-order chi connectivity index (χ0) is 30.0. The van der Waals surface area contributed by atoms with Crippen molar-refractivity contribution in [3.63, 3.8) is 0 Å². The highest BCUT2D eigenvalue weighted by Crippen LogP contribution is 2.44. The van der Waals surface area contributed by atoms with E-state index in [0.717, 1.165) is 39.8 Å². The molecule has 0 fully saturated rings.